The molecule has 0 saturated heterocycles. The average Bonchev–Trinajstić information content (AvgIpc) is 2.28. The largest absolute Gasteiger partial charge is 0.444 e. The molecule has 1 atom stereocenters. The van der Waals surface area contributed by atoms with E-state index in [1.54, 1.807) is 0 Å². The molecule has 21 heavy (non-hydrogen) atoms. The number of halogens is 2. The summed E-state index contributed by atoms with van der Waals surface area (Å²) in [5.74, 6) is 0.200. The van der Waals surface area contributed by atoms with Crippen LogP contribution in [0.1, 0.15) is 59.8 Å². The fourth-order valence-corrected chi connectivity index (χ4v) is 2.70. The van der Waals surface area contributed by atoms with Gasteiger partial charge in [-0.2, -0.15) is 0 Å². The second kappa shape index (κ2) is 6.90. The number of carbonyl (C=O) groups excluding carboxylic acids is 1. The lowest BCUT2D eigenvalue weighted by Crippen LogP contribution is -2.47. The number of amides is 1. The molecule has 0 heterocycles. The highest BCUT2D eigenvalue weighted by Crippen LogP contribution is 2.32. The van der Waals surface area contributed by atoms with Gasteiger partial charge in [0, 0.05) is 6.04 Å². The Labute approximate surface area is 125 Å². The van der Waals surface area contributed by atoms with E-state index < -0.39 is 23.7 Å². The van der Waals surface area contributed by atoms with Crippen LogP contribution in [0.4, 0.5) is 13.6 Å². The summed E-state index contributed by atoms with van der Waals surface area (Å²) in [5, 5.41) is 2.84. The smallest absolute Gasteiger partial charge is 0.407 e. The van der Waals surface area contributed by atoms with Gasteiger partial charge in [0.05, 0.1) is 5.54 Å². The van der Waals surface area contributed by atoms with Crippen molar-refractivity contribution in [3.8, 4) is 0 Å². The van der Waals surface area contributed by atoms with Gasteiger partial charge in [0.1, 0.15) is 5.60 Å². The Morgan fingerprint density at radius 2 is 1.76 bits per heavy atom. The third kappa shape index (κ3) is 6.59. The van der Waals surface area contributed by atoms with Crippen molar-refractivity contribution in [3.63, 3.8) is 0 Å². The van der Waals surface area contributed by atoms with E-state index in [2.05, 4.69) is 5.32 Å². The highest BCUT2D eigenvalue weighted by Gasteiger charge is 2.35. The van der Waals surface area contributed by atoms with Crippen molar-refractivity contribution in [2.75, 3.05) is 0 Å². The van der Waals surface area contributed by atoms with Crippen molar-refractivity contribution in [1.82, 2.24) is 5.32 Å². The van der Waals surface area contributed by atoms with Gasteiger partial charge in [-0.1, -0.05) is 0 Å². The molecular formula is C15H28F2N2O2. The van der Waals surface area contributed by atoms with Crippen molar-refractivity contribution in [2.24, 2.45) is 11.7 Å². The van der Waals surface area contributed by atoms with Crippen LogP contribution in [0.3, 0.4) is 0 Å². The van der Waals surface area contributed by atoms with Crippen molar-refractivity contribution >= 4 is 6.09 Å². The SMILES string of the molecule is CC(C)(C)OC(=O)NC1CCC(CC(C)(N)C(F)F)CC1. The van der Waals surface area contributed by atoms with Gasteiger partial charge in [0.15, 0.2) is 0 Å². The van der Waals surface area contributed by atoms with Crippen molar-refractivity contribution < 1.29 is 18.3 Å². The molecule has 1 amide bonds. The van der Waals surface area contributed by atoms with Crippen LogP contribution in [0.25, 0.3) is 0 Å². The standard InChI is InChI=1S/C15H28F2N2O2/c1-14(2,3)21-13(20)19-11-7-5-10(6-8-11)9-15(4,18)12(16)17/h10-12H,5-9,18H2,1-4H3,(H,19,20). The van der Waals surface area contributed by atoms with E-state index in [9.17, 15) is 13.6 Å². The molecule has 1 fully saturated rings. The zero-order valence-corrected chi connectivity index (χ0v) is 13.4. The maximum atomic E-state index is 12.8. The monoisotopic (exact) mass is 306 g/mol. The van der Waals surface area contributed by atoms with Crippen molar-refractivity contribution in [2.45, 2.75) is 83.4 Å². The number of carbonyl (C=O) groups is 1. The molecule has 4 nitrogen and oxygen atoms in total. The first-order valence-electron chi connectivity index (χ1n) is 7.56. The summed E-state index contributed by atoms with van der Waals surface area (Å²) < 4.78 is 30.8. The van der Waals surface area contributed by atoms with E-state index in [1.807, 2.05) is 20.8 Å². The zero-order chi connectivity index (χ0) is 16.3. The average molecular weight is 306 g/mol. The second-order valence-corrected chi connectivity index (χ2v) is 7.37. The predicted molar refractivity (Wildman–Crippen MR) is 78.3 cm³/mol. The summed E-state index contributed by atoms with van der Waals surface area (Å²) in [4.78, 5) is 11.7. The molecule has 0 spiro atoms. The molecule has 1 rings (SSSR count). The Morgan fingerprint density at radius 3 is 2.19 bits per heavy atom. The van der Waals surface area contributed by atoms with E-state index in [4.69, 9.17) is 10.5 Å². The Hall–Kier alpha value is -0.910. The maximum Gasteiger partial charge on any atom is 0.407 e. The number of alkyl halides is 2. The molecule has 0 aromatic heterocycles. The van der Waals surface area contributed by atoms with Crippen LogP contribution in [-0.4, -0.2) is 29.7 Å². The number of nitrogens with two attached hydrogens (primary N) is 1. The molecule has 6 heteroatoms. The van der Waals surface area contributed by atoms with E-state index in [0.717, 1.165) is 25.7 Å². The summed E-state index contributed by atoms with van der Waals surface area (Å²) in [7, 11) is 0. The van der Waals surface area contributed by atoms with Gasteiger partial charge in [-0.05, 0) is 65.7 Å². The van der Waals surface area contributed by atoms with Crippen LogP contribution in [-0.2, 0) is 4.74 Å². The number of hydrogen-bond acceptors (Lipinski definition) is 3. The third-order valence-corrected chi connectivity index (χ3v) is 3.79. The summed E-state index contributed by atoms with van der Waals surface area (Å²) in [6.07, 6.45) is 0.577. The quantitative estimate of drug-likeness (QED) is 0.836. The van der Waals surface area contributed by atoms with Gasteiger partial charge in [-0.15, -0.1) is 0 Å². The highest BCUT2D eigenvalue weighted by molar-refractivity contribution is 5.68. The Balaban J connectivity index is 2.34. The fraction of sp³-hybridized carbons (Fsp3) is 0.933. The first-order chi connectivity index (χ1) is 9.49. The van der Waals surface area contributed by atoms with E-state index in [1.165, 1.54) is 6.92 Å². The van der Waals surface area contributed by atoms with Crippen LogP contribution in [0.15, 0.2) is 0 Å². The summed E-state index contributed by atoms with van der Waals surface area (Å²) in [5.41, 5.74) is 3.70. The molecule has 1 saturated carbocycles. The minimum atomic E-state index is -2.50. The number of ether oxygens (including phenoxy) is 1. The number of nitrogens with one attached hydrogen (secondary N) is 1. The number of alkyl carbamates (subject to hydrolysis) is 1. The first-order valence-corrected chi connectivity index (χ1v) is 7.56. The molecule has 1 aliphatic carbocycles. The van der Waals surface area contributed by atoms with Gasteiger partial charge < -0.3 is 15.8 Å². The van der Waals surface area contributed by atoms with Crippen LogP contribution < -0.4 is 11.1 Å². The van der Waals surface area contributed by atoms with E-state index in [0.29, 0.717) is 6.42 Å². The summed E-state index contributed by atoms with van der Waals surface area (Å²) in [6.45, 7) is 6.85. The molecule has 1 unspecified atom stereocenters. The van der Waals surface area contributed by atoms with Gasteiger partial charge in [0.2, 0.25) is 0 Å². The van der Waals surface area contributed by atoms with Crippen molar-refractivity contribution in [1.29, 1.82) is 0 Å². The lowest BCUT2D eigenvalue weighted by molar-refractivity contribution is 0.0405. The highest BCUT2D eigenvalue weighted by atomic mass is 19.3. The minimum absolute atomic E-state index is 0.0617. The van der Waals surface area contributed by atoms with Gasteiger partial charge in [0.25, 0.3) is 6.43 Å². The molecule has 0 aromatic rings. The van der Waals surface area contributed by atoms with Crippen LogP contribution in [0.5, 0.6) is 0 Å². The molecular weight excluding hydrogens is 278 g/mol. The third-order valence-electron chi connectivity index (χ3n) is 3.79. The molecule has 0 aromatic carbocycles. The van der Waals surface area contributed by atoms with Gasteiger partial charge >= 0.3 is 6.09 Å². The predicted octanol–water partition coefficient (Wildman–Crippen LogP) is 3.44. The van der Waals surface area contributed by atoms with Crippen LogP contribution >= 0.6 is 0 Å². The molecule has 0 radical (unpaired) electrons. The van der Waals surface area contributed by atoms with E-state index >= 15 is 0 Å². The normalized spacial score (nSPS) is 26.3. The maximum absolute atomic E-state index is 12.8. The Kier molecular flexibility index (Phi) is 5.96. The Morgan fingerprint density at radius 1 is 1.24 bits per heavy atom. The number of hydrogen-bond donors (Lipinski definition) is 2. The molecule has 0 bridgehead atoms. The lowest BCUT2D eigenvalue weighted by atomic mass is 9.79. The fourth-order valence-electron chi connectivity index (χ4n) is 2.70. The molecule has 1 aliphatic rings. The molecule has 3 N–H and O–H groups in total. The lowest BCUT2D eigenvalue weighted by Gasteiger charge is -2.34. The second-order valence-electron chi connectivity index (χ2n) is 7.37. The molecule has 124 valence electrons. The number of rotatable bonds is 4. The van der Waals surface area contributed by atoms with Gasteiger partial charge in [-0.25, -0.2) is 13.6 Å². The van der Waals surface area contributed by atoms with E-state index in [-0.39, 0.29) is 12.0 Å². The molecule has 0 aliphatic heterocycles. The summed E-state index contributed by atoms with van der Waals surface area (Å²) >= 11 is 0. The van der Waals surface area contributed by atoms with Gasteiger partial charge in [-0.3, -0.25) is 0 Å². The van der Waals surface area contributed by atoms with Crippen LogP contribution in [0.2, 0.25) is 0 Å². The van der Waals surface area contributed by atoms with Crippen LogP contribution in [0, 0.1) is 5.92 Å². The summed E-state index contributed by atoms with van der Waals surface area (Å²) in [6, 6.07) is 0.0617. The topological polar surface area (TPSA) is 64.3 Å². The minimum Gasteiger partial charge on any atom is -0.444 e. The Bertz CT molecular complexity index is 346. The zero-order valence-electron chi connectivity index (χ0n) is 13.4. The first kappa shape index (κ1) is 18.1. The van der Waals surface area contributed by atoms with Crippen molar-refractivity contribution in [3.05, 3.63) is 0 Å².